The van der Waals surface area contributed by atoms with Crippen LogP contribution in [0.15, 0.2) is 11.0 Å². The van der Waals surface area contributed by atoms with Gasteiger partial charge in [-0.05, 0) is 39.2 Å². The molecule has 4 heterocycles. The highest BCUT2D eigenvalue weighted by Gasteiger charge is 2.24. The fourth-order valence-electron chi connectivity index (χ4n) is 4.06. The number of amides is 1. The molecule has 1 fully saturated rings. The minimum atomic E-state index is -0.136. The first-order chi connectivity index (χ1) is 13.6. The number of aryl methyl sites for hydroxylation is 2. The Balaban J connectivity index is 1.38. The third-order valence-electron chi connectivity index (χ3n) is 5.63. The molecule has 0 aromatic carbocycles. The Hall–Kier alpha value is -2.55. The number of hydrogen-bond acceptors (Lipinski definition) is 6. The molecule has 9 heteroatoms. The number of piperidine rings is 1. The maximum Gasteiger partial charge on any atom is 0.276 e. The van der Waals surface area contributed by atoms with Crippen LogP contribution in [0.25, 0.3) is 0 Å². The van der Waals surface area contributed by atoms with Gasteiger partial charge >= 0.3 is 0 Å². The fraction of sp³-hybridized carbons (Fsp3) is 0.632. The van der Waals surface area contributed by atoms with E-state index in [1.165, 1.54) is 19.3 Å². The summed E-state index contributed by atoms with van der Waals surface area (Å²) in [6, 6.07) is 0.523. The second-order valence-electron chi connectivity index (χ2n) is 7.67. The van der Waals surface area contributed by atoms with Crippen LogP contribution in [0, 0.1) is 6.92 Å². The molecule has 1 saturated heterocycles. The molecule has 2 aliphatic heterocycles. The monoisotopic (exact) mass is 385 g/mol. The molecular weight excluding hydrogens is 358 g/mol. The zero-order valence-corrected chi connectivity index (χ0v) is 16.3. The normalized spacial score (nSPS) is 19.9. The van der Waals surface area contributed by atoms with Crippen molar-refractivity contribution >= 4 is 5.91 Å². The minimum Gasteiger partial charge on any atom is -0.336 e. The number of hydrogen-bond donors (Lipinski definition) is 2. The van der Waals surface area contributed by atoms with Crippen LogP contribution in [0.2, 0.25) is 0 Å². The Morgan fingerprint density at radius 1 is 1.29 bits per heavy atom. The first kappa shape index (κ1) is 18.8. The van der Waals surface area contributed by atoms with Crippen molar-refractivity contribution in [1.82, 2.24) is 35.2 Å². The van der Waals surface area contributed by atoms with Crippen molar-refractivity contribution in [1.29, 1.82) is 0 Å². The van der Waals surface area contributed by atoms with Gasteiger partial charge in [-0.3, -0.25) is 14.3 Å². The highest BCUT2D eigenvalue weighted by atomic mass is 16.2. The van der Waals surface area contributed by atoms with Crippen LogP contribution in [0.3, 0.4) is 0 Å². The Bertz CT molecular complexity index is 898. The molecule has 0 aliphatic carbocycles. The van der Waals surface area contributed by atoms with Crippen molar-refractivity contribution in [3.8, 4) is 0 Å². The second kappa shape index (κ2) is 8.22. The fourth-order valence-corrected chi connectivity index (χ4v) is 4.06. The second-order valence-corrected chi connectivity index (χ2v) is 7.67. The molecular formula is C19H27N7O2. The summed E-state index contributed by atoms with van der Waals surface area (Å²) in [7, 11) is 0. The molecule has 0 bridgehead atoms. The molecule has 9 nitrogen and oxygen atoms in total. The summed E-state index contributed by atoms with van der Waals surface area (Å²) in [5.41, 5.74) is 1.74. The lowest BCUT2D eigenvalue weighted by Gasteiger charge is -2.23. The number of fused-ring (bicyclic) bond motifs is 1. The van der Waals surface area contributed by atoms with Crippen LogP contribution in [-0.2, 0) is 19.4 Å². The van der Waals surface area contributed by atoms with Gasteiger partial charge < -0.3 is 15.2 Å². The highest BCUT2D eigenvalue weighted by molar-refractivity contribution is 5.92. The van der Waals surface area contributed by atoms with Gasteiger partial charge in [-0.15, -0.1) is 5.10 Å². The maximum atomic E-state index is 12.9. The van der Waals surface area contributed by atoms with Gasteiger partial charge in [0.2, 0.25) is 0 Å². The average molecular weight is 385 g/mol. The SMILES string of the molecule is Cc1nc2c(c(=O)[nH]1)CCN(C(=O)c1cn(CC[C@H]3CCCCN3)nn1)CC2. The number of carbonyl (C=O) groups excluding carboxylic acids is 1. The summed E-state index contributed by atoms with van der Waals surface area (Å²) in [4.78, 5) is 34.0. The molecule has 1 atom stereocenters. The van der Waals surface area contributed by atoms with Crippen LogP contribution < -0.4 is 10.9 Å². The van der Waals surface area contributed by atoms with E-state index in [0.29, 0.717) is 49.1 Å². The molecule has 2 N–H and O–H groups in total. The molecule has 0 radical (unpaired) electrons. The van der Waals surface area contributed by atoms with Crippen molar-refractivity contribution < 1.29 is 4.79 Å². The number of aromatic nitrogens is 5. The van der Waals surface area contributed by atoms with Crippen LogP contribution in [0.1, 0.15) is 53.3 Å². The maximum absolute atomic E-state index is 12.9. The van der Waals surface area contributed by atoms with Gasteiger partial charge in [-0.25, -0.2) is 4.98 Å². The predicted molar refractivity (Wildman–Crippen MR) is 103 cm³/mol. The van der Waals surface area contributed by atoms with Gasteiger partial charge in [0, 0.05) is 37.7 Å². The molecule has 2 aromatic rings. The Morgan fingerprint density at radius 2 is 2.14 bits per heavy atom. The van der Waals surface area contributed by atoms with Gasteiger partial charge in [0.15, 0.2) is 5.69 Å². The van der Waals surface area contributed by atoms with E-state index >= 15 is 0 Å². The highest BCUT2D eigenvalue weighted by Crippen LogP contribution is 2.14. The zero-order chi connectivity index (χ0) is 19.5. The number of carbonyl (C=O) groups is 1. The van der Waals surface area contributed by atoms with Gasteiger partial charge in [0.05, 0.1) is 11.9 Å². The summed E-state index contributed by atoms with van der Waals surface area (Å²) in [6.45, 7) is 4.62. The zero-order valence-electron chi connectivity index (χ0n) is 16.3. The third-order valence-corrected chi connectivity index (χ3v) is 5.63. The van der Waals surface area contributed by atoms with Gasteiger partial charge in [0.1, 0.15) is 5.82 Å². The predicted octanol–water partition coefficient (Wildman–Crippen LogP) is 0.443. The van der Waals surface area contributed by atoms with Gasteiger partial charge in [0.25, 0.3) is 11.5 Å². The quantitative estimate of drug-likeness (QED) is 0.791. The standard InChI is InChI=1S/C19H27N7O2/c1-13-21-16-7-10-25(9-6-15(16)18(27)22-13)19(28)17-12-26(24-23-17)11-5-14-4-2-3-8-20-14/h12,14,20H,2-11H2,1H3,(H,21,22,27)/t14-/m1/s1. The van der Waals surface area contributed by atoms with Crippen LogP contribution >= 0.6 is 0 Å². The first-order valence-electron chi connectivity index (χ1n) is 10.1. The van der Waals surface area contributed by atoms with Crippen LogP contribution in [0.4, 0.5) is 0 Å². The van der Waals surface area contributed by atoms with Crippen molar-refractivity contribution in [3.05, 3.63) is 39.3 Å². The molecule has 150 valence electrons. The van der Waals surface area contributed by atoms with E-state index in [9.17, 15) is 9.59 Å². The Labute approximate surface area is 163 Å². The Morgan fingerprint density at radius 3 is 2.96 bits per heavy atom. The van der Waals surface area contributed by atoms with Crippen LogP contribution in [0.5, 0.6) is 0 Å². The lowest BCUT2D eigenvalue weighted by Crippen LogP contribution is -2.34. The third kappa shape index (κ3) is 4.14. The number of rotatable bonds is 4. The number of nitrogens with one attached hydrogen (secondary N) is 2. The summed E-state index contributed by atoms with van der Waals surface area (Å²) >= 11 is 0. The molecule has 28 heavy (non-hydrogen) atoms. The number of H-pyrrole nitrogens is 1. The van der Waals surface area contributed by atoms with Gasteiger partial charge in [-0.2, -0.15) is 0 Å². The summed E-state index contributed by atoms with van der Waals surface area (Å²) in [5, 5.41) is 11.7. The van der Waals surface area contributed by atoms with Crippen molar-refractivity contribution in [3.63, 3.8) is 0 Å². The summed E-state index contributed by atoms with van der Waals surface area (Å²) < 4.78 is 1.76. The Kier molecular flexibility index (Phi) is 5.52. The van der Waals surface area contributed by atoms with Crippen molar-refractivity contribution in [2.24, 2.45) is 0 Å². The molecule has 0 spiro atoms. The van der Waals surface area contributed by atoms with Crippen LogP contribution in [-0.4, -0.2) is 61.4 Å². The van der Waals surface area contributed by atoms with E-state index in [0.717, 1.165) is 25.2 Å². The minimum absolute atomic E-state index is 0.0981. The van der Waals surface area contributed by atoms with Crippen molar-refractivity contribution in [2.45, 2.75) is 58.0 Å². The summed E-state index contributed by atoms with van der Waals surface area (Å²) in [5.74, 6) is 0.474. The molecule has 2 aromatic heterocycles. The van der Waals surface area contributed by atoms with E-state index in [4.69, 9.17) is 0 Å². The topological polar surface area (TPSA) is 109 Å². The number of aromatic amines is 1. The first-order valence-corrected chi connectivity index (χ1v) is 10.1. The average Bonchev–Trinajstić information content (AvgIpc) is 3.06. The lowest BCUT2D eigenvalue weighted by molar-refractivity contribution is 0.0757. The molecule has 2 aliphatic rings. The largest absolute Gasteiger partial charge is 0.336 e. The molecule has 0 unspecified atom stereocenters. The van der Waals surface area contributed by atoms with E-state index < -0.39 is 0 Å². The van der Waals surface area contributed by atoms with E-state index in [2.05, 4.69) is 25.6 Å². The van der Waals surface area contributed by atoms with Gasteiger partial charge in [-0.1, -0.05) is 11.6 Å². The van der Waals surface area contributed by atoms with Crippen molar-refractivity contribution in [2.75, 3.05) is 19.6 Å². The number of nitrogens with zero attached hydrogens (tertiary/aromatic N) is 5. The molecule has 4 rings (SSSR count). The molecule has 0 saturated carbocycles. The summed E-state index contributed by atoms with van der Waals surface area (Å²) in [6.07, 6.45) is 7.52. The van der Waals surface area contributed by atoms with E-state index in [-0.39, 0.29) is 11.5 Å². The lowest BCUT2D eigenvalue weighted by atomic mass is 10.0. The molecule has 1 amide bonds. The smallest absolute Gasteiger partial charge is 0.276 e. The van der Waals surface area contributed by atoms with E-state index in [1.54, 1.807) is 22.7 Å². The van der Waals surface area contributed by atoms with E-state index in [1.807, 2.05) is 0 Å².